The van der Waals surface area contributed by atoms with E-state index in [1.807, 2.05) is 18.2 Å². The average Bonchev–Trinajstić information content (AvgIpc) is 2.87. The van der Waals surface area contributed by atoms with Gasteiger partial charge in [-0.25, -0.2) is 8.42 Å². The van der Waals surface area contributed by atoms with E-state index in [9.17, 15) is 23.3 Å². The molecule has 0 bridgehead atoms. The SMILES string of the molecule is O=C(CN(c1cccc([N+](=O)[O-])c1)S(=O)(=O)c1ccccc1)N1CCN(c2cccc(Cl)c2)CC1. The van der Waals surface area contributed by atoms with Gasteiger partial charge in [0.1, 0.15) is 6.54 Å². The van der Waals surface area contributed by atoms with Crippen molar-refractivity contribution in [3.63, 3.8) is 0 Å². The third-order valence-electron chi connectivity index (χ3n) is 5.74. The largest absolute Gasteiger partial charge is 0.368 e. The van der Waals surface area contributed by atoms with E-state index < -0.39 is 21.5 Å². The maximum Gasteiger partial charge on any atom is 0.271 e. The van der Waals surface area contributed by atoms with Crippen molar-refractivity contribution in [2.24, 2.45) is 0 Å². The van der Waals surface area contributed by atoms with Crippen molar-refractivity contribution in [1.82, 2.24) is 4.90 Å². The fourth-order valence-electron chi connectivity index (χ4n) is 3.91. The summed E-state index contributed by atoms with van der Waals surface area (Å²) in [7, 11) is -4.15. The van der Waals surface area contributed by atoms with Crippen molar-refractivity contribution in [2.75, 3.05) is 41.9 Å². The molecule has 0 radical (unpaired) electrons. The molecule has 0 aromatic heterocycles. The lowest BCUT2D eigenvalue weighted by atomic mass is 10.2. The summed E-state index contributed by atoms with van der Waals surface area (Å²) in [6, 6.07) is 20.4. The Kier molecular flexibility index (Phi) is 7.23. The molecule has 1 saturated heterocycles. The number of anilines is 2. The van der Waals surface area contributed by atoms with Crippen LogP contribution in [0.4, 0.5) is 17.1 Å². The Hall–Kier alpha value is -3.63. The lowest BCUT2D eigenvalue weighted by molar-refractivity contribution is -0.384. The van der Waals surface area contributed by atoms with E-state index in [4.69, 9.17) is 11.6 Å². The van der Waals surface area contributed by atoms with E-state index in [1.54, 1.807) is 29.2 Å². The minimum atomic E-state index is -4.15. The second kappa shape index (κ2) is 10.3. The Balaban J connectivity index is 1.56. The van der Waals surface area contributed by atoms with Crippen LogP contribution >= 0.6 is 11.6 Å². The van der Waals surface area contributed by atoms with Gasteiger partial charge in [-0.15, -0.1) is 0 Å². The topological polar surface area (TPSA) is 104 Å². The Morgan fingerprint density at radius 1 is 0.943 bits per heavy atom. The number of nitro benzene ring substituents is 1. The first kappa shape index (κ1) is 24.5. The minimum Gasteiger partial charge on any atom is -0.368 e. The lowest BCUT2D eigenvalue weighted by Gasteiger charge is -2.37. The second-order valence-electron chi connectivity index (χ2n) is 7.95. The molecular formula is C24H23ClN4O5S. The number of sulfonamides is 1. The first-order valence-corrected chi connectivity index (χ1v) is 12.7. The van der Waals surface area contributed by atoms with E-state index in [1.165, 1.54) is 30.3 Å². The van der Waals surface area contributed by atoms with Gasteiger partial charge in [0.15, 0.2) is 0 Å². The van der Waals surface area contributed by atoms with Crippen LogP contribution in [-0.4, -0.2) is 56.9 Å². The van der Waals surface area contributed by atoms with Gasteiger partial charge in [0.2, 0.25) is 5.91 Å². The summed E-state index contributed by atoms with van der Waals surface area (Å²) in [5.41, 5.74) is 0.738. The molecule has 1 fully saturated rings. The molecule has 182 valence electrons. The predicted molar refractivity (Wildman–Crippen MR) is 134 cm³/mol. The third-order valence-corrected chi connectivity index (χ3v) is 7.77. The highest BCUT2D eigenvalue weighted by Crippen LogP contribution is 2.27. The van der Waals surface area contributed by atoms with E-state index in [2.05, 4.69) is 4.90 Å². The number of nitro groups is 1. The third kappa shape index (κ3) is 5.55. The molecule has 1 aliphatic heterocycles. The zero-order valence-electron chi connectivity index (χ0n) is 18.7. The van der Waals surface area contributed by atoms with Crippen molar-refractivity contribution in [1.29, 1.82) is 0 Å². The lowest BCUT2D eigenvalue weighted by Crippen LogP contribution is -2.52. The molecule has 3 aromatic rings. The summed E-state index contributed by atoms with van der Waals surface area (Å²) in [4.78, 5) is 27.6. The van der Waals surface area contributed by atoms with Crippen molar-refractivity contribution >= 4 is 44.6 Å². The molecule has 0 spiro atoms. The van der Waals surface area contributed by atoms with Crippen LogP contribution in [0.1, 0.15) is 0 Å². The molecule has 9 nitrogen and oxygen atoms in total. The summed E-state index contributed by atoms with van der Waals surface area (Å²) >= 11 is 6.09. The van der Waals surface area contributed by atoms with Crippen LogP contribution in [0.2, 0.25) is 5.02 Å². The monoisotopic (exact) mass is 514 g/mol. The second-order valence-corrected chi connectivity index (χ2v) is 10.2. The first-order valence-electron chi connectivity index (χ1n) is 10.9. The maximum absolute atomic E-state index is 13.5. The van der Waals surface area contributed by atoms with E-state index >= 15 is 0 Å². The molecule has 1 heterocycles. The zero-order chi connectivity index (χ0) is 25.0. The predicted octanol–water partition coefficient (Wildman–Crippen LogP) is 3.79. The van der Waals surface area contributed by atoms with E-state index in [0.717, 1.165) is 16.1 Å². The number of carbonyl (C=O) groups excluding carboxylic acids is 1. The van der Waals surface area contributed by atoms with Crippen molar-refractivity contribution in [3.05, 3.63) is 94.0 Å². The molecule has 0 unspecified atom stereocenters. The van der Waals surface area contributed by atoms with Crippen LogP contribution in [-0.2, 0) is 14.8 Å². The Bertz CT molecular complexity index is 1330. The van der Waals surface area contributed by atoms with Gasteiger partial charge in [-0.05, 0) is 36.4 Å². The molecule has 1 aliphatic rings. The summed E-state index contributed by atoms with van der Waals surface area (Å²) < 4.78 is 27.9. The van der Waals surface area contributed by atoms with Crippen molar-refractivity contribution in [3.8, 4) is 0 Å². The first-order chi connectivity index (χ1) is 16.8. The van der Waals surface area contributed by atoms with Gasteiger partial charge < -0.3 is 9.80 Å². The van der Waals surface area contributed by atoms with Gasteiger partial charge in [0.25, 0.3) is 15.7 Å². The van der Waals surface area contributed by atoms with Crippen molar-refractivity contribution < 1.29 is 18.1 Å². The average molecular weight is 515 g/mol. The van der Waals surface area contributed by atoms with Crippen LogP contribution in [0.3, 0.4) is 0 Å². The van der Waals surface area contributed by atoms with Gasteiger partial charge in [-0.3, -0.25) is 19.2 Å². The van der Waals surface area contributed by atoms with Crippen LogP contribution in [0.25, 0.3) is 0 Å². The van der Waals surface area contributed by atoms with Gasteiger partial charge >= 0.3 is 0 Å². The fraction of sp³-hybridized carbons (Fsp3) is 0.208. The molecular weight excluding hydrogens is 492 g/mol. The standard InChI is InChI=1S/C24H23ClN4O5S/c25-19-6-4-7-20(16-19)26-12-14-27(15-13-26)24(30)18-28(21-8-5-9-22(17-21)29(31)32)35(33,34)23-10-2-1-3-11-23/h1-11,16-17H,12-15,18H2. The van der Waals surface area contributed by atoms with Crippen molar-refractivity contribution in [2.45, 2.75) is 4.90 Å². The number of non-ortho nitro benzene ring substituents is 1. The number of carbonyl (C=O) groups is 1. The fourth-order valence-corrected chi connectivity index (χ4v) is 5.52. The molecule has 1 amide bonds. The van der Waals surface area contributed by atoms with Gasteiger partial charge in [0, 0.05) is 49.0 Å². The smallest absolute Gasteiger partial charge is 0.271 e. The number of amides is 1. The summed E-state index contributed by atoms with van der Waals surface area (Å²) in [6.07, 6.45) is 0. The van der Waals surface area contributed by atoms with Crippen LogP contribution in [0.15, 0.2) is 83.8 Å². The Morgan fingerprint density at radius 3 is 2.29 bits per heavy atom. The summed E-state index contributed by atoms with van der Waals surface area (Å²) in [6.45, 7) is 1.46. The number of rotatable bonds is 7. The number of halogens is 1. The number of hydrogen-bond acceptors (Lipinski definition) is 6. The van der Waals surface area contributed by atoms with E-state index in [0.29, 0.717) is 31.2 Å². The quantitative estimate of drug-likeness (QED) is 0.351. The van der Waals surface area contributed by atoms with Crippen LogP contribution in [0.5, 0.6) is 0 Å². The number of piperazine rings is 1. The highest BCUT2D eigenvalue weighted by molar-refractivity contribution is 7.92. The molecule has 0 atom stereocenters. The minimum absolute atomic E-state index is 0.00918. The molecule has 11 heteroatoms. The highest BCUT2D eigenvalue weighted by Gasteiger charge is 2.31. The molecule has 0 saturated carbocycles. The summed E-state index contributed by atoms with van der Waals surface area (Å²) in [5, 5.41) is 11.9. The molecule has 0 N–H and O–H groups in total. The Labute approximate surface area is 208 Å². The van der Waals surface area contributed by atoms with Gasteiger partial charge in [-0.1, -0.05) is 41.9 Å². The molecule has 0 aliphatic carbocycles. The number of benzene rings is 3. The maximum atomic E-state index is 13.5. The summed E-state index contributed by atoms with van der Waals surface area (Å²) in [5.74, 6) is -0.387. The number of nitrogens with zero attached hydrogens (tertiary/aromatic N) is 4. The van der Waals surface area contributed by atoms with Gasteiger partial charge in [0.05, 0.1) is 15.5 Å². The normalized spacial score (nSPS) is 14.0. The van der Waals surface area contributed by atoms with Crippen LogP contribution in [0, 0.1) is 10.1 Å². The number of hydrogen-bond donors (Lipinski definition) is 0. The van der Waals surface area contributed by atoms with Crippen LogP contribution < -0.4 is 9.21 Å². The van der Waals surface area contributed by atoms with Gasteiger partial charge in [-0.2, -0.15) is 0 Å². The molecule has 4 rings (SSSR count). The highest BCUT2D eigenvalue weighted by atomic mass is 35.5. The van der Waals surface area contributed by atoms with E-state index in [-0.39, 0.29) is 22.2 Å². The zero-order valence-corrected chi connectivity index (χ0v) is 20.2. The Morgan fingerprint density at radius 2 is 1.63 bits per heavy atom. The molecule has 3 aromatic carbocycles. The molecule has 35 heavy (non-hydrogen) atoms.